The molecule has 1 saturated carbocycles. The van der Waals surface area contributed by atoms with Crippen molar-refractivity contribution in [3.05, 3.63) is 22.4 Å². The summed E-state index contributed by atoms with van der Waals surface area (Å²) >= 11 is 1.63. The second-order valence-corrected chi connectivity index (χ2v) is 5.93. The first-order valence-electron chi connectivity index (χ1n) is 6.38. The van der Waals surface area contributed by atoms with Crippen LogP contribution in [0.5, 0.6) is 0 Å². The molecular weight excluding hydrogens is 244 g/mol. The third-order valence-corrected chi connectivity index (χ3v) is 4.60. The van der Waals surface area contributed by atoms with Crippen LogP contribution in [0.1, 0.15) is 30.6 Å². The number of likely N-dealkylation sites (N-methyl/N-ethyl adjacent to an activating group) is 1. The highest BCUT2D eigenvalue weighted by atomic mass is 32.1. The zero-order valence-corrected chi connectivity index (χ0v) is 11.4. The summed E-state index contributed by atoms with van der Waals surface area (Å²) in [4.78, 5) is 15.1. The maximum absolute atomic E-state index is 12.1. The van der Waals surface area contributed by atoms with Crippen molar-refractivity contribution in [3.8, 4) is 6.07 Å². The van der Waals surface area contributed by atoms with Crippen LogP contribution in [0.15, 0.2) is 17.5 Å². The Morgan fingerprint density at radius 1 is 1.50 bits per heavy atom. The van der Waals surface area contributed by atoms with Crippen LogP contribution in [-0.4, -0.2) is 23.9 Å². The molecule has 0 aliphatic heterocycles. The Bertz CT molecular complexity index is 427. The molecule has 1 aliphatic rings. The molecule has 0 unspecified atom stereocenters. The number of carbonyl (C=O) groups is 1. The Hall–Kier alpha value is -1.34. The molecule has 0 aromatic carbocycles. The molecule has 0 N–H and O–H groups in total. The molecular formula is C14H18N2OS. The van der Waals surface area contributed by atoms with Gasteiger partial charge in [-0.3, -0.25) is 4.79 Å². The predicted molar refractivity (Wildman–Crippen MR) is 72.2 cm³/mol. The van der Waals surface area contributed by atoms with Gasteiger partial charge in [0.25, 0.3) is 0 Å². The van der Waals surface area contributed by atoms with Gasteiger partial charge in [-0.15, -0.1) is 11.3 Å². The summed E-state index contributed by atoms with van der Waals surface area (Å²) < 4.78 is 0. The van der Waals surface area contributed by atoms with Crippen molar-refractivity contribution >= 4 is 17.2 Å². The average Bonchev–Trinajstić information content (AvgIpc) is 2.91. The molecule has 2 rings (SSSR count). The molecule has 96 valence electrons. The number of carbonyl (C=O) groups excluding carboxylic acids is 1. The van der Waals surface area contributed by atoms with E-state index in [9.17, 15) is 4.79 Å². The molecule has 0 saturated heterocycles. The third-order valence-electron chi connectivity index (χ3n) is 3.73. The summed E-state index contributed by atoms with van der Waals surface area (Å²) in [6.07, 6.45) is 4.29. The van der Waals surface area contributed by atoms with Crippen LogP contribution < -0.4 is 0 Å². The van der Waals surface area contributed by atoms with Crippen molar-refractivity contribution in [1.82, 2.24) is 4.90 Å². The van der Waals surface area contributed by atoms with E-state index in [1.807, 2.05) is 29.5 Å². The van der Waals surface area contributed by atoms with E-state index in [1.165, 1.54) is 0 Å². The van der Waals surface area contributed by atoms with Gasteiger partial charge in [0.15, 0.2) is 0 Å². The summed E-state index contributed by atoms with van der Waals surface area (Å²) in [6, 6.07) is 6.63. The molecule has 0 atom stereocenters. The quantitative estimate of drug-likeness (QED) is 0.840. The minimum atomic E-state index is 0.192. The largest absolute Gasteiger partial charge is 0.342 e. The number of nitrogens with zero attached hydrogens (tertiary/aromatic N) is 2. The normalized spacial score (nSPS) is 23.3. The second-order valence-electron chi connectivity index (χ2n) is 4.90. The molecule has 1 aliphatic carbocycles. The van der Waals surface area contributed by atoms with E-state index in [0.717, 1.165) is 30.6 Å². The standard InChI is InChI=1S/C14H18N2OS/c1-16(12-6-4-11(10-15)5-7-12)14(17)9-13-3-2-8-18-13/h2-3,8,11-12H,4-7,9H2,1H3. The summed E-state index contributed by atoms with van der Waals surface area (Å²) in [5.41, 5.74) is 0. The third kappa shape index (κ3) is 3.11. The van der Waals surface area contributed by atoms with Crippen LogP contribution in [0.25, 0.3) is 0 Å². The van der Waals surface area contributed by atoms with E-state index < -0.39 is 0 Å². The van der Waals surface area contributed by atoms with Gasteiger partial charge < -0.3 is 4.90 Å². The van der Waals surface area contributed by atoms with Gasteiger partial charge in [0.2, 0.25) is 5.91 Å². The Labute approximate surface area is 112 Å². The first-order valence-corrected chi connectivity index (χ1v) is 7.26. The Morgan fingerprint density at radius 3 is 2.78 bits per heavy atom. The van der Waals surface area contributed by atoms with Crippen molar-refractivity contribution < 1.29 is 4.79 Å². The van der Waals surface area contributed by atoms with Crippen LogP contribution in [0.3, 0.4) is 0 Å². The van der Waals surface area contributed by atoms with Crippen LogP contribution in [0, 0.1) is 17.2 Å². The van der Waals surface area contributed by atoms with Crippen molar-refractivity contribution in [2.45, 2.75) is 38.1 Å². The molecule has 3 nitrogen and oxygen atoms in total. The van der Waals surface area contributed by atoms with Crippen LogP contribution in [0.2, 0.25) is 0 Å². The minimum absolute atomic E-state index is 0.192. The fraction of sp³-hybridized carbons (Fsp3) is 0.571. The fourth-order valence-electron chi connectivity index (χ4n) is 2.48. The second kappa shape index (κ2) is 6.01. The summed E-state index contributed by atoms with van der Waals surface area (Å²) in [5, 5.41) is 10.9. The van der Waals surface area contributed by atoms with E-state index in [4.69, 9.17) is 5.26 Å². The molecule has 1 aromatic heterocycles. The number of hydrogen-bond donors (Lipinski definition) is 0. The first-order chi connectivity index (χ1) is 8.70. The zero-order valence-electron chi connectivity index (χ0n) is 10.6. The number of hydrogen-bond acceptors (Lipinski definition) is 3. The van der Waals surface area contributed by atoms with Gasteiger partial charge in [-0.1, -0.05) is 6.07 Å². The Morgan fingerprint density at radius 2 is 2.22 bits per heavy atom. The van der Waals surface area contributed by atoms with Crippen molar-refractivity contribution in [3.63, 3.8) is 0 Å². The molecule has 0 spiro atoms. The van der Waals surface area contributed by atoms with Crippen molar-refractivity contribution in [2.24, 2.45) is 5.92 Å². The number of rotatable bonds is 3. The van der Waals surface area contributed by atoms with E-state index >= 15 is 0 Å². The van der Waals surface area contributed by atoms with Gasteiger partial charge in [0.05, 0.1) is 12.5 Å². The van der Waals surface area contributed by atoms with Gasteiger partial charge >= 0.3 is 0 Å². The van der Waals surface area contributed by atoms with E-state index in [1.54, 1.807) is 11.3 Å². The molecule has 0 bridgehead atoms. The van der Waals surface area contributed by atoms with Gasteiger partial charge in [-0.05, 0) is 37.1 Å². The predicted octanol–water partition coefficient (Wildman–Crippen LogP) is 2.83. The van der Waals surface area contributed by atoms with E-state index in [2.05, 4.69) is 6.07 Å². The SMILES string of the molecule is CN(C(=O)Cc1cccs1)C1CCC(C#N)CC1. The van der Waals surface area contributed by atoms with Gasteiger partial charge in [0.1, 0.15) is 0 Å². The zero-order chi connectivity index (χ0) is 13.0. The molecule has 1 fully saturated rings. The lowest BCUT2D eigenvalue weighted by Gasteiger charge is -2.32. The van der Waals surface area contributed by atoms with Crippen molar-refractivity contribution in [1.29, 1.82) is 5.26 Å². The lowest BCUT2D eigenvalue weighted by molar-refractivity contribution is -0.131. The lowest BCUT2D eigenvalue weighted by atomic mass is 9.86. The molecule has 1 heterocycles. The van der Waals surface area contributed by atoms with Crippen LogP contribution in [0.4, 0.5) is 0 Å². The van der Waals surface area contributed by atoms with Crippen LogP contribution >= 0.6 is 11.3 Å². The summed E-state index contributed by atoms with van der Waals surface area (Å²) in [6.45, 7) is 0. The highest BCUT2D eigenvalue weighted by Gasteiger charge is 2.26. The molecule has 18 heavy (non-hydrogen) atoms. The lowest BCUT2D eigenvalue weighted by Crippen LogP contribution is -2.40. The number of nitriles is 1. The smallest absolute Gasteiger partial charge is 0.227 e. The fourth-order valence-corrected chi connectivity index (χ4v) is 3.18. The van der Waals surface area contributed by atoms with Gasteiger partial charge in [-0.25, -0.2) is 0 Å². The Kier molecular flexibility index (Phi) is 4.38. The monoisotopic (exact) mass is 262 g/mol. The average molecular weight is 262 g/mol. The van der Waals surface area contributed by atoms with Gasteiger partial charge in [-0.2, -0.15) is 5.26 Å². The van der Waals surface area contributed by atoms with Crippen molar-refractivity contribution in [2.75, 3.05) is 7.05 Å². The van der Waals surface area contributed by atoms with Crippen LogP contribution in [-0.2, 0) is 11.2 Å². The maximum atomic E-state index is 12.1. The molecule has 4 heteroatoms. The maximum Gasteiger partial charge on any atom is 0.227 e. The number of thiophene rings is 1. The topological polar surface area (TPSA) is 44.1 Å². The Balaban J connectivity index is 1.86. The molecule has 0 radical (unpaired) electrons. The minimum Gasteiger partial charge on any atom is -0.342 e. The number of amides is 1. The molecule has 1 amide bonds. The van der Waals surface area contributed by atoms with Gasteiger partial charge in [0, 0.05) is 23.9 Å². The highest BCUT2D eigenvalue weighted by molar-refractivity contribution is 7.10. The molecule has 1 aromatic rings. The summed E-state index contributed by atoms with van der Waals surface area (Å²) in [5.74, 6) is 0.389. The highest BCUT2D eigenvalue weighted by Crippen LogP contribution is 2.27. The van der Waals surface area contributed by atoms with E-state index in [-0.39, 0.29) is 11.8 Å². The summed E-state index contributed by atoms with van der Waals surface area (Å²) in [7, 11) is 1.90. The van der Waals surface area contributed by atoms with E-state index in [0.29, 0.717) is 12.5 Å². The first kappa shape index (κ1) is 13.1.